The number of ether oxygens (including phenoxy) is 1. The maximum absolute atomic E-state index is 13.1. The van der Waals surface area contributed by atoms with Crippen LogP contribution in [0.15, 0.2) is 66.7 Å². The average molecular weight is 386 g/mol. The number of aromatic nitrogens is 1. The minimum Gasteiger partial charge on any atom is -0.497 e. The Hall–Kier alpha value is -3.14. The Bertz CT molecular complexity index is 983. The average Bonchev–Trinajstić information content (AvgIpc) is 3.25. The van der Waals surface area contributed by atoms with Crippen LogP contribution in [0.5, 0.6) is 5.75 Å². The lowest BCUT2D eigenvalue weighted by molar-refractivity contribution is -0.131. The molecule has 3 aromatic rings. The van der Waals surface area contributed by atoms with Crippen LogP contribution in [-0.4, -0.2) is 29.4 Å². The summed E-state index contributed by atoms with van der Waals surface area (Å²) < 4.78 is 5.20. The maximum Gasteiger partial charge on any atom is 0.227 e. The van der Waals surface area contributed by atoms with Crippen molar-refractivity contribution in [3.8, 4) is 16.9 Å². The zero-order chi connectivity index (χ0) is 20.2. The Morgan fingerprint density at radius 3 is 2.55 bits per heavy atom. The Balaban J connectivity index is 1.56. The number of methoxy groups -OCH3 is 1. The van der Waals surface area contributed by atoms with E-state index in [9.17, 15) is 4.79 Å². The van der Waals surface area contributed by atoms with Crippen molar-refractivity contribution in [3.63, 3.8) is 0 Å². The van der Waals surface area contributed by atoms with Gasteiger partial charge in [0, 0.05) is 12.2 Å². The molecule has 148 valence electrons. The van der Waals surface area contributed by atoms with E-state index in [1.165, 1.54) is 5.56 Å². The number of carbonyl (C=O) groups is 1. The van der Waals surface area contributed by atoms with Crippen molar-refractivity contribution in [2.75, 3.05) is 13.7 Å². The highest BCUT2D eigenvalue weighted by Gasteiger charge is 2.31. The first-order chi connectivity index (χ1) is 14.1. The molecule has 1 atom stereocenters. The molecule has 1 amide bonds. The second-order valence-corrected chi connectivity index (χ2v) is 7.56. The fourth-order valence-corrected chi connectivity index (χ4v) is 4.05. The number of aryl methyl sites for hydroxylation is 1. The van der Waals surface area contributed by atoms with E-state index in [2.05, 4.69) is 24.3 Å². The summed E-state index contributed by atoms with van der Waals surface area (Å²) in [5.41, 5.74) is 5.31. The first-order valence-corrected chi connectivity index (χ1v) is 10.1. The fraction of sp³-hybridized carbons (Fsp3) is 0.280. The highest BCUT2D eigenvalue weighted by Crippen LogP contribution is 2.33. The van der Waals surface area contributed by atoms with Crippen LogP contribution in [0.3, 0.4) is 0 Å². The van der Waals surface area contributed by atoms with Crippen molar-refractivity contribution in [2.24, 2.45) is 0 Å². The van der Waals surface area contributed by atoms with Crippen LogP contribution < -0.4 is 4.74 Å². The molecule has 0 radical (unpaired) electrons. The smallest absolute Gasteiger partial charge is 0.227 e. The van der Waals surface area contributed by atoms with Crippen molar-refractivity contribution < 1.29 is 9.53 Å². The van der Waals surface area contributed by atoms with E-state index >= 15 is 0 Å². The van der Waals surface area contributed by atoms with E-state index in [4.69, 9.17) is 9.72 Å². The number of rotatable bonds is 5. The van der Waals surface area contributed by atoms with E-state index in [0.717, 1.165) is 47.7 Å². The first-order valence-electron chi connectivity index (χ1n) is 10.1. The molecule has 4 heteroatoms. The third kappa shape index (κ3) is 4.32. The molecule has 0 aliphatic carbocycles. The molecule has 1 saturated heterocycles. The topological polar surface area (TPSA) is 42.4 Å². The van der Waals surface area contributed by atoms with E-state index in [-0.39, 0.29) is 11.9 Å². The standard InChI is InChI=1S/C25H26N2O2/c1-18-15-21(20-7-4-3-5-8-20)17-23(26-18)24-9-6-14-27(24)25(28)16-19-10-12-22(29-2)13-11-19/h3-5,7-8,10-13,15,17,24H,6,9,14,16H2,1-2H3/t24-/m0/s1. The van der Waals surface area contributed by atoms with Crippen LogP contribution in [0.1, 0.15) is 35.8 Å². The number of hydrogen-bond donors (Lipinski definition) is 0. The molecular formula is C25H26N2O2. The minimum absolute atomic E-state index is 0.0445. The SMILES string of the molecule is COc1ccc(CC(=O)N2CCC[C@H]2c2cc(-c3ccccc3)cc(C)n2)cc1. The quantitative estimate of drug-likeness (QED) is 0.622. The van der Waals surface area contributed by atoms with Crippen molar-refractivity contribution >= 4 is 5.91 Å². The van der Waals surface area contributed by atoms with Gasteiger partial charge in [0.1, 0.15) is 5.75 Å². The summed E-state index contributed by atoms with van der Waals surface area (Å²) in [7, 11) is 1.65. The summed E-state index contributed by atoms with van der Waals surface area (Å²) in [6, 6.07) is 22.4. The third-order valence-corrected chi connectivity index (χ3v) is 5.51. The van der Waals surface area contributed by atoms with Gasteiger partial charge < -0.3 is 9.64 Å². The molecule has 0 unspecified atom stereocenters. The van der Waals surface area contributed by atoms with Gasteiger partial charge in [-0.15, -0.1) is 0 Å². The molecule has 4 nitrogen and oxygen atoms in total. The molecule has 0 bridgehead atoms. The molecular weight excluding hydrogens is 360 g/mol. The third-order valence-electron chi connectivity index (χ3n) is 5.51. The molecule has 29 heavy (non-hydrogen) atoms. The molecule has 0 saturated carbocycles. The molecule has 0 N–H and O–H groups in total. The lowest BCUT2D eigenvalue weighted by atomic mass is 10.0. The molecule has 1 fully saturated rings. The van der Waals surface area contributed by atoms with Gasteiger partial charge in [0.15, 0.2) is 0 Å². The first kappa shape index (κ1) is 19.2. The van der Waals surface area contributed by atoms with Crippen molar-refractivity contribution in [1.82, 2.24) is 9.88 Å². The van der Waals surface area contributed by atoms with Crippen molar-refractivity contribution in [1.29, 1.82) is 0 Å². The van der Waals surface area contributed by atoms with Gasteiger partial charge in [-0.25, -0.2) is 0 Å². The normalized spacial score (nSPS) is 16.1. The molecule has 2 heterocycles. The van der Waals surface area contributed by atoms with Gasteiger partial charge in [-0.2, -0.15) is 0 Å². The Morgan fingerprint density at radius 2 is 1.83 bits per heavy atom. The predicted molar refractivity (Wildman–Crippen MR) is 115 cm³/mol. The highest BCUT2D eigenvalue weighted by atomic mass is 16.5. The lowest BCUT2D eigenvalue weighted by Gasteiger charge is -2.25. The summed E-state index contributed by atoms with van der Waals surface area (Å²) in [5, 5.41) is 0. The second-order valence-electron chi connectivity index (χ2n) is 7.56. The van der Waals surface area contributed by atoms with Gasteiger partial charge in [0.25, 0.3) is 0 Å². The number of nitrogens with zero attached hydrogens (tertiary/aromatic N) is 2. The van der Waals surface area contributed by atoms with E-state index in [1.54, 1.807) is 7.11 Å². The van der Waals surface area contributed by atoms with Crippen LogP contribution in [-0.2, 0) is 11.2 Å². The van der Waals surface area contributed by atoms with Gasteiger partial charge in [-0.3, -0.25) is 9.78 Å². The van der Waals surface area contributed by atoms with E-state index in [1.807, 2.05) is 54.3 Å². The predicted octanol–water partition coefficient (Wildman–Crippen LogP) is 4.97. The van der Waals surface area contributed by atoms with Crippen LogP contribution in [0.2, 0.25) is 0 Å². The van der Waals surface area contributed by atoms with E-state index < -0.39 is 0 Å². The van der Waals surface area contributed by atoms with Crippen molar-refractivity contribution in [3.05, 3.63) is 83.7 Å². The van der Waals surface area contributed by atoms with Gasteiger partial charge in [0.05, 0.1) is 25.3 Å². The largest absolute Gasteiger partial charge is 0.497 e. The summed E-state index contributed by atoms with van der Waals surface area (Å²) in [6.45, 7) is 2.81. The maximum atomic E-state index is 13.1. The fourth-order valence-electron chi connectivity index (χ4n) is 4.05. The van der Waals surface area contributed by atoms with Crippen molar-refractivity contribution in [2.45, 2.75) is 32.2 Å². The number of hydrogen-bond acceptors (Lipinski definition) is 3. The number of likely N-dealkylation sites (tertiary alicyclic amines) is 1. The second kappa shape index (κ2) is 8.48. The van der Waals surface area contributed by atoms with Gasteiger partial charge in [0.2, 0.25) is 5.91 Å². The van der Waals surface area contributed by atoms with Gasteiger partial charge in [-0.1, -0.05) is 42.5 Å². The molecule has 2 aromatic carbocycles. The van der Waals surface area contributed by atoms with Crippen LogP contribution in [0, 0.1) is 6.92 Å². The summed E-state index contributed by atoms with van der Waals surface area (Å²) in [5.74, 6) is 0.958. The summed E-state index contributed by atoms with van der Waals surface area (Å²) >= 11 is 0. The molecule has 0 spiro atoms. The Labute approximate surface area is 172 Å². The summed E-state index contributed by atoms with van der Waals surface area (Å²) in [6.07, 6.45) is 2.37. The number of amides is 1. The molecule has 4 rings (SSSR count). The van der Waals surface area contributed by atoms with Gasteiger partial charge >= 0.3 is 0 Å². The Kier molecular flexibility index (Phi) is 5.61. The minimum atomic E-state index is 0.0445. The molecule has 1 aliphatic rings. The zero-order valence-electron chi connectivity index (χ0n) is 17.0. The molecule has 1 aliphatic heterocycles. The monoisotopic (exact) mass is 386 g/mol. The van der Waals surface area contributed by atoms with Gasteiger partial charge in [-0.05, 0) is 60.7 Å². The number of carbonyl (C=O) groups excluding carboxylic acids is 1. The van der Waals surface area contributed by atoms with Crippen LogP contribution in [0.4, 0.5) is 0 Å². The van der Waals surface area contributed by atoms with E-state index in [0.29, 0.717) is 6.42 Å². The lowest BCUT2D eigenvalue weighted by Crippen LogP contribution is -2.32. The Morgan fingerprint density at radius 1 is 1.07 bits per heavy atom. The molecule has 1 aromatic heterocycles. The number of benzene rings is 2. The number of pyridine rings is 1. The van der Waals surface area contributed by atoms with Crippen LogP contribution >= 0.6 is 0 Å². The zero-order valence-corrected chi connectivity index (χ0v) is 17.0. The summed E-state index contributed by atoms with van der Waals surface area (Å²) in [4.78, 5) is 19.9. The van der Waals surface area contributed by atoms with Crippen LogP contribution in [0.25, 0.3) is 11.1 Å². The highest BCUT2D eigenvalue weighted by molar-refractivity contribution is 5.79.